The minimum Gasteiger partial charge on any atom is -0.375 e. The molecule has 2 aromatic rings. The van der Waals surface area contributed by atoms with Crippen molar-refractivity contribution >= 4 is 16.5 Å². The van der Waals surface area contributed by atoms with E-state index >= 15 is 0 Å². The van der Waals surface area contributed by atoms with Gasteiger partial charge in [-0.25, -0.2) is 18.2 Å². The van der Waals surface area contributed by atoms with Crippen LogP contribution in [0, 0.1) is 17.5 Å². The van der Waals surface area contributed by atoms with Gasteiger partial charge in [-0.05, 0) is 18.1 Å². The van der Waals surface area contributed by atoms with E-state index in [4.69, 9.17) is 5.73 Å². The van der Waals surface area contributed by atoms with Gasteiger partial charge in [0.05, 0.1) is 5.69 Å². The molecule has 0 aliphatic rings. The molecule has 0 aliphatic carbocycles. The molecule has 0 radical (unpaired) electrons. The first-order chi connectivity index (χ1) is 8.51. The number of anilines is 1. The third kappa shape index (κ3) is 2.48. The summed E-state index contributed by atoms with van der Waals surface area (Å²) < 4.78 is 39.4. The molecule has 18 heavy (non-hydrogen) atoms. The van der Waals surface area contributed by atoms with Crippen LogP contribution in [0.2, 0.25) is 0 Å². The minimum atomic E-state index is -1.18. The van der Waals surface area contributed by atoms with E-state index in [1.165, 1.54) is 11.3 Å². The van der Waals surface area contributed by atoms with Gasteiger partial charge in [-0.2, -0.15) is 0 Å². The Bertz CT molecular complexity index is 581. The summed E-state index contributed by atoms with van der Waals surface area (Å²) in [6, 6.07) is 1.43. The molecule has 6 heteroatoms. The van der Waals surface area contributed by atoms with E-state index in [0.29, 0.717) is 17.6 Å². The number of nitrogens with zero attached hydrogens (tertiary/aromatic N) is 1. The molecule has 1 aromatic heterocycles. The fourth-order valence-corrected chi connectivity index (χ4v) is 2.63. The summed E-state index contributed by atoms with van der Waals surface area (Å²) in [6.07, 6.45) is 0.829. The van der Waals surface area contributed by atoms with Gasteiger partial charge in [0.15, 0.2) is 16.8 Å². The Morgan fingerprint density at radius 1 is 1.17 bits per heavy atom. The minimum absolute atomic E-state index is 0.104. The lowest BCUT2D eigenvalue weighted by Crippen LogP contribution is -1.97. The number of aryl methyl sites for hydroxylation is 1. The second-order valence-corrected chi connectivity index (χ2v) is 4.93. The number of nitrogen functional groups attached to an aromatic ring is 1. The van der Waals surface area contributed by atoms with Crippen molar-refractivity contribution in [2.45, 2.75) is 19.8 Å². The molecule has 0 unspecified atom stereocenters. The van der Waals surface area contributed by atoms with E-state index in [2.05, 4.69) is 4.98 Å². The van der Waals surface area contributed by atoms with E-state index < -0.39 is 17.5 Å². The molecular weight excluding hydrogens is 261 g/mol. The number of hydrogen-bond donors (Lipinski definition) is 1. The molecule has 1 aromatic carbocycles. The molecule has 2 N–H and O–H groups in total. The molecule has 0 spiro atoms. The molecule has 0 bridgehead atoms. The van der Waals surface area contributed by atoms with Gasteiger partial charge in [0.1, 0.15) is 5.82 Å². The molecule has 0 aliphatic heterocycles. The molecular formula is C12H11F3N2S. The first-order valence-corrected chi connectivity index (χ1v) is 6.20. The Morgan fingerprint density at radius 3 is 2.50 bits per heavy atom. The largest absolute Gasteiger partial charge is 0.375 e. The van der Waals surface area contributed by atoms with Crippen LogP contribution in [0.1, 0.15) is 23.1 Å². The van der Waals surface area contributed by atoms with Gasteiger partial charge in [-0.15, -0.1) is 11.3 Å². The maximum atomic E-state index is 13.5. The molecule has 0 fully saturated rings. The second kappa shape index (κ2) is 4.97. The zero-order valence-corrected chi connectivity index (χ0v) is 10.5. The third-order valence-electron chi connectivity index (χ3n) is 2.57. The molecule has 0 amide bonds. The van der Waals surface area contributed by atoms with Crippen LogP contribution in [0.4, 0.5) is 18.3 Å². The van der Waals surface area contributed by atoms with E-state index in [1.54, 1.807) is 0 Å². The normalized spacial score (nSPS) is 10.9. The first kappa shape index (κ1) is 12.9. The Hall–Kier alpha value is -1.56. The fraction of sp³-hybridized carbons (Fsp3) is 0.250. The number of halogens is 3. The van der Waals surface area contributed by atoms with E-state index in [9.17, 15) is 13.2 Å². The van der Waals surface area contributed by atoms with Crippen LogP contribution in [0.25, 0.3) is 0 Å². The highest BCUT2D eigenvalue weighted by Crippen LogP contribution is 2.25. The summed E-state index contributed by atoms with van der Waals surface area (Å²) >= 11 is 1.24. The summed E-state index contributed by atoms with van der Waals surface area (Å²) in [4.78, 5) is 4.88. The van der Waals surface area contributed by atoms with Crippen LogP contribution in [-0.4, -0.2) is 4.98 Å². The maximum absolute atomic E-state index is 13.5. The number of thiazole rings is 1. The summed E-state index contributed by atoms with van der Waals surface area (Å²) in [6.45, 7) is 1.90. The van der Waals surface area contributed by atoms with Gasteiger partial charge in [-0.3, -0.25) is 0 Å². The van der Waals surface area contributed by atoms with Gasteiger partial charge in [0.2, 0.25) is 0 Å². The second-order valence-electron chi connectivity index (χ2n) is 3.81. The van der Waals surface area contributed by atoms with Crippen LogP contribution < -0.4 is 5.73 Å². The number of hydrogen-bond acceptors (Lipinski definition) is 3. The number of benzene rings is 1. The topological polar surface area (TPSA) is 38.9 Å². The molecule has 0 atom stereocenters. The lowest BCUT2D eigenvalue weighted by molar-refractivity contribution is 0.491. The smallest absolute Gasteiger partial charge is 0.180 e. The predicted molar refractivity (Wildman–Crippen MR) is 65.0 cm³/mol. The molecule has 1 heterocycles. The zero-order valence-electron chi connectivity index (χ0n) is 9.64. The molecule has 2 nitrogen and oxygen atoms in total. The standard InChI is InChI=1S/C12H11F3N2S/c1-2-10-11(18-12(16)17-10)4-6-3-8(14)9(15)5-7(6)13/h3,5H,2,4H2,1H3,(H2,16,17). The van der Waals surface area contributed by atoms with Crippen molar-refractivity contribution in [3.63, 3.8) is 0 Å². The molecule has 0 saturated carbocycles. The quantitative estimate of drug-likeness (QED) is 0.871. The third-order valence-corrected chi connectivity index (χ3v) is 3.50. The van der Waals surface area contributed by atoms with Gasteiger partial charge < -0.3 is 5.73 Å². The van der Waals surface area contributed by atoms with Gasteiger partial charge in [0.25, 0.3) is 0 Å². The number of nitrogens with two attached hydrogens (primary N) is 1. The van der Waals surface area contributed by atoms with E-state index in [1.807, 2.05) is 6.92 Å². The SMILES string of the molecule is CCc1nc(N)sc1Cc1cc(F)c(F)cc1F. The van der Waals surface area contributed by atoms with Crippen LogP contribution in [0.15, 0.2) is 12.1 Å². The van der Waals surface area contributed by atoms with Crippen molar-refractivity contribution in [2.24, 2.45) is 0 Å². The Morgan fingerprint density at radius 2 is 1.83 bits per heavy atom. The molecule has 96 valence electrons. The Labute approximate surface area is 106 Å². The van der Waals surface area contributed by atoms with E-state index in [-0.39, 0.29) is 12.0 Å². The first-order valence-electron chi connectivity index (χ1n) is 5.38. The highest BCUT2D eigenvalue weighted by Gasteiger charge is 2.14. The van der Waals surface area contributed by atoms with Crippen molar-refractivity contribution < 1.29 is 13.2 Å². The Balaban J connectivity index is 2.36. The van der Waals surface area contributed by atoms with Gasteiger partial charge in [-0.1, -0.05) is 6.92 Å². The number of aromatic nitrogens is 1. The average molecular weight is 272 g/mol. The summed E-state index contributed by atoms with van der Waals surface area (Å²) in [5.41, 5.74) is 6.45. The fourth-order valence-electron chi connectivity index (χ4n) is 1.69. The van der Waals surface area contributed by atoms with E-state index in [0.717, 1.165) is 16.6 Å². The summed E-state index contributed by atoms with van der Waals surface area (Å²) in [5.74, 6) is -3.00. The lowest BCUT2D eigenvalue weighted by atomic mass is 10.1. The summed E-state index contributed by atoms with van der Waals surface area (Å²) in [7, 11) is 0. The van der Waals surface area contributed by atoms with Crippen molar-refractivity contribution in [1.29, 1.82) is 0 Å². The maximum Gasteiger partial charge on any atom is 0.180 e. The summed E-state index contributed by atoms with van der Waals surface area (Å²) in [5, 5.41) is 0.393. The molecule has 0 saturated heterocycles. The van der Waals surface area contributed by atoms with Crippen molar-refractivity contribution in [2.75, 3.05) is 5.73 Å². The predicted octanol–water partition coefficient (Wildman–Crippen LogP) is 3.30. The van der Waals surface area contributed by atoms with Crippen LogP contribution in [0.5, 0.6) is 0 Å². The Kier molecular flexibility index (Phi) is 3.56. The average Bonchev–Trinajstić information content (AvgIpc) is 2.66. The monoisotopic (exact) mass is 272 g/mol. The van der Waals surface area contributed by atoms with Gasteiger partial charge >= 0.3 is 0 Å². The molecule has 2 rings (SSSR count). The lowest BCUT2D eigenvalue weighted by Gasteiger charge is -2.04. The highest BCUT2D eigenvalue weighted by molar-refractivity contribution is 7.15. The van der Waals surface area contributed by atoms with Crippen molar-refractivity contribution in [1.82, 2.24) is 4.98 Å². The van der Waals surface area contributed by atoms with Gasteiger partial charge in [0, 0.05) is 17.4 Å². The van der Waals surface area contributed by atoms with Crippen molar-refractivity contribution in [3.05, 3.63) is 45.7 Å². The van der Waals surface area contributed by atoms with Crippen LogP contribution >= 0.6 is 11.3 Å². The number of rotatable bonds is 3. The van der Waals surface area contributed by atoms with Crippen LogP contribution in [0.3, 0.4) is 0 Å². The highest BCUT2D eigenvalue weighted by atomic mass is 32.1. The zero-order chi connectivity index (χ0) is 13.3. The van der Waals surface area contributed by atoms with Crippen LogP contribution in [-0.2, 0) is 12.8 Å². The van der Waals surface area contributed by atoms with Crippen molar-refractivity contribution in [3.8, 4) is 0 Å².